The summed E-state index contributed by atoms with van der Waals surface area (Å²) in [6.45, 7) is 0.436. The van der Waals surface area contributed by atoms with Gasteiger partial charge in [-0.25, -0.2) is 4.79 Å². The SMILES string of the molecule is O=C(COC(=O)c1sc2cc(Cl)cc(Cl)c2c1Cl)Nc1ccc2c(c1)OCCO2. The zero-order chi connectivity index (χ0) is 20.5. The van der Waals surface area contributed by atoms with Crippen LogP contribution in [0.1, 0.15) is 9.67 Å². The second-order valence-electron chi connectivity index (χ2n) is 5.99. The van der Waals surface area contributed by atoms with Crippen LogP contribution in [0.2, 0.25) is 15.1 Å². The van der Waals surface area contributed by atoms with Gasteiger partial charge in [-0.1, -0.05) is 34.8 Å². The minimum absolute atomic E-state index is 0.151. The first-order chi connectivity index (χ1) is 13.9. The molecule has 0 saturated heterocycles. The highest BCUT2D eigenvalue weighted by molar-refractivity contribution is 7.21. The van der Waals surface area contributed by atoms with Gasteiger partial charge in [0.2, 0.25) is 0 Å². The van der Waals surface area contributed by atoms with Gasteiger partial charge >= 0.3 is 5.97 Å². The van der Waals surface area contributed by atoms with Crippen LogP contribution in [0.5, 0.6) is 11.5 Å². The Kier molecular flexibility index (Phi) is 5.74. The summed E-state index contributed by atoms with van der Waals surface area (Å²) < 4.78 is 16.6. The molecule has 0 aliphatic carbocycles. The Morgan fingerprint density at radius 3 is 2.62 bits per heavy atom. The molecule has 10 heteroatoms. The predicted octanol–water partition coefficient (Wildman–Crippen LogP) is 5.43. The molecule has 1 amide bonds. The molecule has 2 heterocycles. The molecule has 4 rings (SSSR count). The number of ether oxygens (including phenoxy) is 3. The van der Waals surface area contributed by atoms with Crippen molar-refractivity contribution in [1.29, 1.82) is 0 Å². The van der Waals surface area contributed by atoms with Crippen LogP contribution in [-0.2, 0) is 9.53 Å². The Hall–Kier alpha value is -2.19. The van der Waals surface area contributed by atoms with Crippen LogP contribution < -0.4 is 14.8 Å². The van der Waals surface area contributed by atoms with Gasteiger partial charge in [0.05, 0.1) is 10.0 Å². The molecule has 0 atom stereocenters. The minimum Gasteiger partial charge on any atom is -0.486 e. The summed E-state index contributed by atoms with van der Waals surface area (Å²) in [6.07, 6.45) is 0. The molecule has 0 fully saturated rings. The number of carbonyl (C=O) groups excluding carboxylic acids is 2. The lowest BCUT2D eigenvalue weighted by molar-refractivity contribution is -0.119. The fourth-order valence-electron chi connectivity index (χ4n) is 2.76. The van der Waals surface area contributed by atoms with Gasteiger partial charge in [0.1, 0.15) is 18.1 Å². The van der Waals surface area contributed by atoms with Gasteiger partial charge < -0.3 is 19.5 Å². The zero-order valence-electron chi connectivity index (χ0n) is 14.6. The average molecular weight is 473 g/mol. The first kappa shape index (κ1) is 20.1. The van der Waals surface area contributed by atoms with Crippen molar-refractivity contribution in [2.75, 3.05) is 25.1 Å². The maximum atomic E-state index is 12.4. The number of hydrogen-bond acceptors (Lipinski definition) is 6. The summed E-state index contributed by atoms with van der Waals surface area (Å²) in [4.78, 5) is 24.7. The Morgan fingerprint density at radius 2 is 1.83 bits per heavy atom. The van der Waals surface area contributed by atoms with E-state index in [0.717, 1.165) is 11.3 Å². The Morgan fingerprint density at radius 1 is 1.07 bits per heavy atom. The van der Waals surface area contributed by atoms with Gasteiger partial charge in [-0.3, -0.25) is 4.79 Å². The van der Waals surface area contributed by atoms with E-state index >= 15 is 0 Å². The molecule has 1 aliphatic heterocycles. The van der Waals surface area contributed by atoms with Gasteiger partial charge in [0, 0.05) is 26.9 Å². The summed E-state index contributed by atoms with van der Waals surface area (Å²) in [7, 11) is 0. The number of rotatable bonds is 4. The third-order valence-corrected chi connectivity index (χ3v) is 6.12. The number of thiophene rings is 1. The lowest BCUT2D eigenvalue weighted by Crippen LogP contribution is -2.21. The number of esters is 1. The molecule has 1 N–H and O–H groups in total. The first-order valence-corrected chi connectivity index (χ1v) is 10.3. The van der Waals surface area contributed by atoms with Crippen molar-refractivity contribution in [2.24, 2.45) is 0 Å². The Bertz CT molecular complexity index is 1130. The molecular weight excluding hydrogens is 461 g/mol. The van der Waals surface area contributed by atoms with E-state index in [9.17, 15) is 9.59 Å². The van der Waals surface area contributed by atoms with Crippen LogP contribution in [0, 0.1) is 0 Å². The molecule has 0 spiro atoms. The highest BCUT2D eigenvalue weighted by Gasteiger charge is 2.22. The fraction of sp³-hybridized carbons (Fsp3) is 0.158. The summed E-state index contributed by atoms with van der Waals surface area (Å²) in [6, 6.07) is 8.21. The Labute approximate surface area is 184 Å². The van der Waals surface area contributed by atoms with Gasteiger partial charge in [-0.05, 0) is 24.3 Å². The van der Waals surface area contributed by atoms with Crippen LogP contribution in [0.15, 0.2) is 30.3 Å². The number of nitrogens with one attached hydrogen (secondary N) is 1. The van der Waals surface area contributed by atoms with Crippen molar-refractivity contribution < 1.29 is 23.8 Å². The monoisotopic (exact) mass is 471 g/mol. The minimum atomic E-state index is -0.722. The van der Waals surface area contributed by atoms with E-state index in [1.807, 2.05) is 0 Å². The van der Waals surface area contributed by atoms with Crippen molar-refractivity contribution in [3.8, 4) is 11.5 Å². The molecular formula is C19H12Cl3NO5S. The highest BCUT2D eigenvalue weighted by Crippen LogP contribution is 2.41. The van der Waals surface area contributed by atoms with E-state index in [0.29, 0.717) is 50.5 Å². The standard InChI is InChI=1S/C19H12Cl3NO5S/c20-9-5-11(21)16-14(6-9)29-18(17(16)22)19(25)28-8-15(24)23-10-1-2-12-13(7-10)27-4-3-26-12/h1-2,5-7H,3-4,8H2,(H,23,24). The lowest BCUT2D eigenvalue weighted by Gasteiger charge is -2.19. The Balaban J connectivity index is 1.42. The highest BCUT2D eigenvalue weighted by atomic mass is 35.5. The van der Waals surface area contributed by atoms with Gasteiger partial charge in [0.15, 0.2) is 18.1 Å². The number of carbonyl (C=O) groups is 2. The third kappa shape index (κ3) is 4.23. The zero-order valence-corrected chi connectivity index (χ0v) is 17.7. The lowest BCUT2D eigenvalue weighted by atomic mass is 10.2. The molecule has 1 aliphatic rings. The van der Waals surface area contributed by atoms with Crippen LogP contribution in [-0.4, -0.2) is 31.7 Å². The quantitative estimate of drug-likeness (QED) is 0.513. The van der Waals surface area contributed by atoms with Crippen LogP contribution in [0.4, 0.5) is 5.69 Å². The van der Waals surface area contributed by atoms with E-state index in [1.165, 1.54) is 0 Å². The van der Waals surface area contributed by atoms with Crippen molar-refractivity contribution in [1.82, 2.24) is 0 Å². The van der Waals surface area contributed by atoms with Crippen LogP contribution in [0.25, 0.3) is 10.1 Å². The smallest absolute Gasteiger partial charge is 0.350 e. The van der Waals surface area contributed by atoms with Crippen molar-refractivity contribution in [3.63, 3.8) is 0 Å². The summed E-state index contributed by atoms with van der Waals surface area (Å²) >= 11 is 19.5. The summed E-state index contributed by atoms with van der Waals surface area (Å²) in [5.41, 5.74) is 0.497. The topological polar surface area (TPSA) is 73.9 Å². The number of benzene rings is 2. The van der Waals surface area contributed by atoms with Gasteiger partial charge in [-0.2, -0.15) is 0 Å². The molecule has 0 saturated carbocycles. The normalized spacial score (nSPS) is 12.7. The molecule has 2 aromatic carbocycles. The maximum Gasteiger partial charge on any atom is 0.350 e. The van der Waals surface area contributed by atoms with E-state index in [-0.39, 0.29) is 9.90 Å². The largest absolute Gasteiger partial charge is 0.486 e. The van der Waals surface area contributed by atoms with E-state index < -0.39 is 18.5 Å². The predicted molar refractivity (Wildman–Crippen MR) is 113 cm³/mol. The van der Waals surface area contributed by atoms with Gasteiger partial charge in [-0.15, -0.1) is 11.3 Å². The maximum absolute atomic E-state index is 12.4. The molecule has 150 valence electrons. The number of amides is 1. The molecule has 0 radical (unpaired) electrons. The van der Waals surface area contributed by atoms with Crippen LogP contribution >= 0.6 is 46.1 Å². The van der Waals surface area contributed by atoms with Crippen LogP contribution in [0.3, 0.4) is 0 Å². The average Bonchev–Trinajstić information content (AvgIpc) is 3.02. The molecule has 6 nitrogen and oxygen atoms in total. The summed E-state index contributed by atoms with van der Waals surface area (Å²) in [5, 5.41) is 4.10. The molecule has 3 aromatic rings. The molecule has 0 unspecified atom stereocenters. The summed E-state index contributed by atoms with van der Waals surface area (Å²) in [5.74, 6) is -0.0773. The van der Waals surface area contributed by atoms with E-state index in [4.69, 9.17) is 49.0 Å². The van der Waals surface area contributed by atoms with E-state index in [1.54, 1.807) is 30.3 Å². The second-order valence-corrected chi connectivity index (χ2v) is 8.26. The number of hydrogen-bond donors (Lipinski definition) is 1. The number of fused-ring (bicyclic) bond motifs is 2. The molecule has 1 aromatic heterocycles. The first-order valence-electron chi connectivity index (χ1n) is 8.36. The second kappa shape index (κ2) is 8.28. The van der Waals surface area contributed by atoms with Crippen molar-refractivity contribution >= 4 is 73.8 Å². The fourth-order valence-corrected chi connectivity index (χ4v) is 5.02. The molecule has 29 heavy (non-hydrogen) atoms. The number of halogens is 3. The van der Waals surface area contributed by atoms with Gasteiger partial charge in [0.25, 0.3) is 5.91 Å². The number of anilines is 1. The van der Waals surface area contributed by atoms with E-state index in [2.05, 4.69) is 5.32 Å². The van der Waals surface area contributed by atoms with Crippen molar-refractivity contribution in [2.45, 2.75) is 0 Å². The third-order valence-electron chi connectivity index (χ3n) is 4.00. The van der Waals surface area contributed by atoms with Crippen molar-refractivity contribution in [3.05, 3.63) is 50.3 Å². The molecule has 0 bridgehead atoms.